The number of hydrogen-bond acceptors (Lipinski definition) is 3. The predicted octanol–water partition coefficient (Wildman–Crippen LogP) is 2.75. The van der Waals surface area contributed by atoms with Crippen molar-refractivity contribution >= 4 is 14.8 Å². The highest BCUT2D eigenvalue weighted by Gasteiger charge is 2.12. The van der Waals surface area contributed by atoms with Gasteiger partial charge in [-0.3, -0.25) is 0 Å². The van der Waals surface area contributed by atoms with E-state index in [2.05, 4.69) is 38.0 Å². The first-order chi connectivity index (χ1) is 6.37. The Morgan fingerprint density at radius 3 is 2.36 bits per heavy atom. The molecule has 3 nitrogen and oxygen atoms in total. The fraction of sp³-hybridized carbons (Fsp3) is 0.700. The van der Waals surface area contributed by atoms with Crippen LogP contribution < -0.4 is 0 Å². The normalized spacial score (nSPS) is 11.1. The third kappa shape index (κ3) is 6.86. The molecule has 0 amide bonds. The molecule has 82 valence electrons. The van der Waals surface area contributed by atoms with Gasteiger partial charge in [0.15, 0.2) is 0 Å². The maximum absolute atomic E-state index is 5.49. The zero-order chi connectivity index (χ0) is 11.2. The molecule has 0 saturated carbocycles. The Bertz CT molecular complexity index is 199. The van der Waals surface area contributed by atoms with Crippen LogP contribution in [0.1, 0.15) is 6.92 Å². The van der Waals surface area contributed by atoms with Crippen LogP contribution >= 0.6 is 0 Å². The van der Waals surface area contributed by atoms with E-state index in [1.54, 1.807) is 5.01 Å². The maximum Gasteiger partial charge on any atom is 0.139 e. The minimum absolute atomic E-state index is 0.462. The summed E-state index contributed by atoms with van der Waals surface area (Å²) in [5.74, 6) is 0. The molecule has 0 aliphatic carbocycles. The van der Waals surface area contributed by atoms with Crippen LogP contribution in [0.4, 0.5) is 0 Å². The van der Waals surface area contributed by atoms with Crippen molar-refractivity contribution in [2.75, 3.05) is 13.3 Å². The highest BCUT2D eigenvalue weighted by molar-refractivity contribution is 6.76. The van der Waals surface area contributed by atoms with Gasteiger partial charge in [0.25, 0.3) is 0 Å². The van der Waals surface area contributed by atoms with E-state index in [0.29, 0.717) is 6.73 Å². The van der Waals surface area contributed by atoms with Crippen molar-refractivity contribution in [3.8, 4) is 0 Å². The van der Waals surface area contributed by atoms with Gasteiger partial charge in [-0.1, -0.05) is 26.2 Å². The molecule has 4 heteroatoms. The van der Waals surface area contributed by atoms with Gasteiger partial charge in [0.05, 0.1) is 0 Å². The highest BCUT2D eigenvalue weighted by Crippen LogP contribution is 2.08. The Labute approximate surface area is 88.5 Å². The van der Waals surface area contributed by atoms with Gasteiger partial charge in [0, 0.05) is 27.1 Å². The van der Waals surface area contributed by atoms with Crippen molar-refractivity contribution in [3.05, 3.63) is 12.3 Å². The number of hydrogen-bond donors (Lipinski definition) is 0. The summed E-state index contributed by atoms with van der Waals surface area (Å²) in [7, 11) is -0.979. The lowest BCUT2D eigenvalue weighted by atomic mass is 10.6. The zero-order valence-electron chi connectivity index (χ0n) is 9.84. The molecule has 0 heterocycles. The van der Waals surface area contributed by atoms with Crippen molar-refractivity contribution in [1.82, 2.24) is 5.01 Å². The van der Waals surface area contributed by atoms with Crippen molar-refractivity contribution < 1.29 is 4.74 Å². The van der Waals surface area contributed by atoms with Gasteiger partial charge in [-0.2, -0.15) is 5.10 Å². The van der Waals surface area contributed by atoms with Crippen LogP contribution in [0.15, 0.2) is 17.4 Å². The van der Waals surface area contributed by atoms with E-state index in [9.17, 15) is 0 Å². The molecule has 0 rings (SSSR count). The summed E-state index contributed by atoms with van der Waals surface area (Å²) in [5.41, 5.74) is 0.855. The van der Waals surface area contributed by atoms with Crippen LogP contribution in [0.25, 0.3) is 0 Å². The van der Waals surface area contributed by atoms with E-state index in [1.807, 2.05) is 6.92 Å². The van der Waals surface area contributed by atoms with Crippen LogP contribution in [-0.4, -0.2) is 33.1 Å². The second-order valence-electron chi connectivity index (χ2n) is 4.62. The molecule has 0 spiro atoms. The molecule has 0 aliphatic heterocycles. The summed E-state index contributed by atoms with van der Waals surface area (Å²) in [5, 5.41) is 5.45. The minimum Gasteiger partial charge on any atom is -0.360 e. The number of allylic oxidation sites excluding steroid dienone is 1. The molecule has 0 radical (unpaired) electrons. The van der Waals surface area contributed by atoms with Gasteiger partial charge in [0.1, 0.15) is 6.73 Å². The second kappa shape index (κ2) is 5.98. The predicted molar refractivity (Wildman–Crippen MR) is 65.2 cm³/mol. The molecule has 14 heavy (non-hydrogen) atoms. The Hall–Kier alpha value is -0.613. The van der Waals surface area contributed by atoms with Crippen molar-refractivity contribution in [2.45, 2.75) is 32.6 Å². The Kier molecular flexibility index (Phi) is 5.72. The third-order valence-corrected chi connectivity index (χ3v) is 3.53. The second-order valence-corrected chi connectivity index (χ2v) is 10.2. The largest absolute Gasteiger partial charge is 0.360 e. The summed E-state index contributed by atoms with van der Waals surface area (Å²) in [6, 6.07) is 1.17. The smallest absolute Gasteiger partial charge is 0.139 e. The number of hydrazone groups is 1. The van der Waals surface area contributed by atoms with E-state index in [1.165, 1.54) is 6.04 Å². The molecule has 0 N–H and O–H groups in total. The summed E-state index contributed by atoms with van der Waals surface area (Å²) < 4.78 is 5.49. The van der Waals surface area contributed by atoms with Gasteiger partial charge in [0.2, 0.25) is 0 Å². The van der Waals surface area contributed by atoms with Crippen LogP contribution in [0.3, 0.4) is 0 Å². The summed E-state index contributed by atoms with van der Waals surface area (Å²) >= 11 is 0. The topological polar surface area (TPSA) is 24.8 Å². The van der Waals surface area contributed by atoms with Crippen LogP contribution in [0, 0.1) is 0 Å². The van der Waals surface area contributed by atoms with E-state index in [0.717, 1.165) is 12.3 Å². The molecule has 0 saturated heterocycles. The first kappa shape index (κ1) is 13.4. The van der Waals surface area contributed by atoms with E-state index in [-0.39, 0.29) is 0 Å². The lowest BCUT2D eigenvalue weighted by molar-refractivity contribution is 0.0574. The molecular weight excluding hydrogens is 192 g/mol. The standard InChI is InChI=1S/C10H22N2OSi/c1-10(2)12(11-3)9-13-7-8-14(4,5)6/h1,3,7-9H2,2,4-6H3. The van der Waals surface area contributed by atoms with E-state index >= 15 is 0 Å². The average Bonchev–Trinajstić information content (AvgIpc) is 2.01. The Morgan fingerprint density at radius 1 is 1.43 bits per heavy atom. The fourth-order valence-corrected chi connectivity index (χ4v) is 1.56. The molecule has 0 aromatic carbocycles. The van der Waals surface area contributed by atoms with Crippen molar-refractivity contribution in [3.63, 3.8) is 0 Å². The fourth-order valence-electron chi connectivity index (χ4n) is 0.801. The SMILES string of the molecule is C=NN(COCC[Si](C)(C)C)C(=C)C. The summed E-state index contributed by atoms with van der Waals surface area (Å²) in [6.07, 6.45) is 0. The van der Waals surface area contributed by atoms with Gasteiger partial charge in [-0.15, -0.1) is 0 Å². The lowest BCUT2D eigenvalue weighted by Crippen LogP contribution is -2.24. The van der Waals surface area contributed by atoms with Gasteiger partial charge in [-0.25, -0.2) is 5.01 Å². The number of rotatable bonds is 7. The molecule has 0 bridgehead atoms. The van der Waals surface area contributed by atoms with Crippen molar-refractivity contribution in [1.29, 1.82) is 0 Å². The first-order valence-electron chi connectivity index (χ1n) is 4.84. The van der Waals surface area contributed by atoms with Gasteiger partial charge in [-0.05, 0) is 13.0 Å². The third-order valence-electron chi connectivity index (χ3n) is 1.82. The first-order valence-corrected chi connectivity index (χ1v) is 8.55. The summed E-state index contributed by atoms with van der Waals surface area (Å²) in [6.45, 7) is 17.4. The molecule has 0 fully saturated rings. The Balaban J connectivity index is 3.63. The lowest BCUT2D eigenvalue weighted by Gasteiger charge is -2.20. The van der Waals surface area contributed by atoms with Crippen LogP contribution in [0.5, 0.6) is 0 Å². The van der Waals surface area contributed by atoms with Gasteiger partial charge < -0.3 is 4.74 Å². The van der Waals surface area contributed by atoms with Gasteiger partial charge >= 0.3 is 0 Å². The van der Waals surface area contributed by atoms with E-state index in [4.69, 9.17) is 4.74 Å². The van der Waals surface area contributed by atoms with E-state index < -0.39 is 8.07 Å². The van der Waals surface area contributed by atoms with Crippen molar-refractivity contribution in [2.24, 2.45) is 5.10 Å². The highest BCUT2D eigenvalue weighted by atomic mass is 28.3. The summed E-state index contributed by atoms with van der Waals surface area (Å²) in [4.78, 5) is 0. The molecular formula is C10H22N2OSi. The number of nitrogens with zero attached hydrogens (tertiary/aromatic N) is 2. The molecule has 0 aromatic rings. The maximum atomic E-state index is 5.49. The Morgan fingerprint density at radius 2 is 2.00 bits per heavy atom. The molecule has 0 aromatic heterocycles. The van der Waals surface area contributed by atoms with Crippen LogP contribution in [0.2, 0.25) is 25.7 Å². The molecule has 0 atom stereocenters. The quantitative estimate of drug-likeness (QED) is 0.214. The molecule has 0 unspecified atom stereocenters. The molecule has 0 aliphatic rings. The van der Waals surface area contributed by atoms with Crippen LogP contribution in [-0.2, 0) is 4.74 Å². The average molecular weight is 214 g/mol. The number of ether oxygens (including phenoxy) is 1. The zero-order valence-corrected chi connectivity index (χ0v) is 10.8. The monoisotopic (exact) mass is 214 g/mol. The minimum atomic E-state index is -0.979.